The smallest absolute Gasteiger partial charge is 0.373 e. The molecule has 33 heavy (non-hydrogen) atoms. The second-order valence-electron chi connectivity index (χ2n) is 9.81. The first kappa shape index (κ1) is 25.4. The van der Waals surface area contributed by atoms with Gasteiger partial charge in [0, 0.05) is 82.5 Å². The summed E-state index contributed by atoms with van der Waals surface area (Å²) >= 11 is 0. The van der Waals surface area contributed by atoms with Gasteiger partial charge in [0.15, 0.2) is 0 Å². The van der Waals surface area contributed by atoms with Crippen LogP contribution in [0, 0.1) is 0 Å². The summed E-state index contributed by atoms with van der Waals surface area (Å²) in [6, 6.07) is 3.62. The first-order chi connectivity index (χ1) is 15.8. The average molecular weight is 468 g/mol. The van der Waals surface area contributed by atoms with Crippen LogP contribution < -0.4 is 10.1 Å². The second kappa shape index (κ2) is 11.7. The highest BCUT2D eigenvalue weighted by molar-refractivity contribution is 6.76. The molecule has 0 unspecified atom stereocenters. The third-order valence-corrected chi connectivity index (χ3v) is 7.42. The normalized spacial score (nSPS) is 16.4. The van der Waals surface area contributed by atoms with Gasteiger partial charge in [-0.1, -0.05) is 19.6 Å². The van der Waals surface area contributed by atoms with Crippen LogP contribution in [0.1, 0.15) is 12.8 Å². The molecule has 4 heterocycles. The molecule has 4 rings (SSSR count). The molecule has 1 aliphatic rings. The number of hydrogen-bond donors (Lipinski definition) is 3. The van der Waals surface area contributed by atoms with Gasteiger partial charge in [-0.25, -0.2) is 15.0 Å². The third kappa shape index (κ3) is 7.36. The SMILES string of the molecule is CB(O)N[C@@H]1CCCN(c2ccnc3[nH]cc(-c4cncnc4)c23)C1.COCC[Si](C)(C)C. The van der Waals surface area contributed by atoms with Crippen molar-refractivity contribution in [2.24, 2.45) is 0 Å². The number of methoxy groups -OCH3 is 1. The predicted molar refractivity (Wildman–Crippen MR) is 139 cm³/mol. The standard InChI is InChI=1S/C17H21BN6O.C6H16OSi/c1-18(25)23-13-3-2-6-24(10-13)15-4-5-21-17-16(15)14(9-22-17)12-7-19-11-20-8-12;1-7-5-6-8(2,3)4/h4-5,7-9,11,13,23,25H,2-3,6,10H2,1H3,(H,21,22);5-6H2,1-4H3/t13-;/m1./s1. The van der Waals surface area contributed by atoms with Gasteiger partial charge in [0.1, 0.15) is 12.0 Å². The van der Waals surface area contributed by atoms with Gasteiger partial charge in [-0.3, -0.25) is 0 Å². The summed E-state index contributed by atoms with van der Waals surface area (Å²) < 4.78 is 4.95. The molecule has 1 saturated heterocycles. The molecule has 178 valence electrons. The van der Waals surface area contributed by atoms with E-state index in [9.17, 15) is 5.02 Å². The lowest BCUT2D eigenvalue weighted by atomic mass is 9.85. The molecular formula is C23H37BN6O2Si. The summed E-state index contributed by atoms with van der Waals surface area (Å²) in [5.74, 6) is 0. The van der Waals surface area contributed by atoms with E-state index in [-0.39, 0.29) is 6.04 Å². The van der Waals surface area contributed by atoms with E-state index in [4.69, 9.17) is 4.74 Å². The molecule has 3 aromatic heterocycles. The van der Waals surface area contributed by atoms with E-state index in [2.05, 4.69) is 55.8 Å². The number of hydrogen-bond acceptors (Lipinski definition) is 7. The molecule has 1 aliphatic heterocycles. The summed E-state index contributed by atoms with van der Waals surface area (Å²) in [5, 5.41) is 14.0. The second-order valence-corrected chi connectivity index (χ2v) is 15.4. The van der Waals surface area contributed by atoms with Crippen LogP contribution in [0.4, 0.5) is 5.69 Å². The number of rotatable bonds is 7. The lowest BCUT2D eigenvalue weighted by molar-refractivity contribution is 0.214. The minimum atomic E-state index is -0.803. The van der Waals surface area contributed by atoms with E-state index in [1.165, 1.54) is 12.4 Å². The van der Waals surface area contributed by atoms with E-state index >= 15 is 0 Å². The molecule has 3 aromatic rings. The number of H-pyrrole nitrogens is 1. The first-order valence-electron chi connectivity index (χ1n) is 11.7. The van der Waals surface area contributed by atoms with Gasteiger partial charge in [0.2, 0.25) is 0 Å². The highest BCUT2D eigenvalue weighted by Gasteiger charge is 2.24. The molecule has 8 nitrogen and oxygen atoms in total. The van der Waals surface area contributed by atoms with Gasteiger partial charge in [-0.05, 0) is 31.8 Å². The van der Waals surface area contributed by atoms with Gasteiger partial charge in [-0.15, -0.1) is 0 Å². The molecule has 0 radical (unpaired) electrons. The molecule has 0 saturated carbocycles. The van der Waals surface area contributed by atoms with E-state index in [0.29, 0.717) is 0 Å². The zero-order valence-corrected chi connectivity index (χ0v) is 21.5. The van der Waals surface area contributed by atoms with Crippen molar-refractivity contribution < 1.29 is 9.76 Å². The van der Waals surface area contributed by atoms with Crippen molar-refractivity contribution in [1.29, 1.82) is 0 Å². The fourth-order valence-electron chi connectivity index (χ4n) is 4.05. The van der Waals surface area contributed by atoms with E-state index in [1.54, 1.807) is 13.9 Å². The Morgan fingerprint density at radius 3 is 2.70 bits per heavy atom. The zero-order chi connectivity index (χ0) is 23.8. The lowest BCUT2D eigenvalue weighted by Gasteiger charge is -2.35. The Hall–Kier alpha value is -2.27. The van der Waals surface area contributed by atoms with Gasteiger partial charge >= 0.3 is 7.05 Å². The fourth-order valence-corrected chi connectivity index (χ4v) is 4.87. The maximum absolute atomic E-state index is 9.63. The molecule has 0 bridgehead atoms. The maximum atomic E-state index is 9.63. The van der Waals surface area contributed by atoms with Crippen molar-refractivity contribution in [3.63, 3.8) is 0 Å². The third-order valence-electron chi connectivity index (χ3n) is 5.72. The molecule has 0 spiro atoms. The van der Waals surface area contributed by atoms with Crippen LogP contribution >= 0.6 is 0 Å². The molecule has 1 fully saturated rings. The van der Waals surface area contributed by atoms with E-state index in [0.717, 1.165) is 60.4 Å². The van der Waals surface area contributed by atoms with Crippen LogP contribution in [-0.2, 0) is 4.74 Å². The Morgan fingerprint density at radius 2 is 2.06 bits per heavy atom. The molecule has 0 amide bonds. The number of aromatic amines is 1. The van der Waals surface area contributed by atoms with Crippen LogP contribution in [0.3, 0.4) is 0 Å². The number of fused-ring (bicyclic) bond motifs is 1. The largest absolute Gasteiger partial charge is 0.437 e. The van der Waals surface area contributed by atoms with Crippen molar-refractivity contribution in [1.82, 2.24) is 25.2 Å². The minimum Gasteiger partial charge on any atom is -0.437 e. The molecule has 0 aliphatic carbocycles. The monoisotopic (exact) mass is 468 g/mol. The summed E-state index contributed by atoms with van der Waals surface area (Å²) in [7, 11) is 0.467. The highest BCUT2D eigenvalue weighted by atomic mass is 28.3. The Bertz CT molecular complexity index is 996. The van der Waals surface area contributed by atoms with Crippen molar-refractivity contribution in [3.8, 4) is 11.1 Å². The molecule has 3 N–H and O–H groups in total. The van der Waals surface area contributed by atoms with Crippen LogP contribution in [0.2, 0.25) is 32.5 Å². The Labute approximate surface area is 198 Å². The van der Waals surface area contributed by atoms with Crippen LogP contribution in [0.5, 0.6) is 0 Å². The first-order valence-corrected chi connectivity index (χ1v) is 15.4. The van der Waals surface area contributed by atoms with Crippen molar-refractivity contribution in [2.75, 3.05) is 31.7 Å². The summed E-state index contributed by atoms with van der Waals surface area (Å²) in [5.41, 5.74) is 4.05. The summed E-state index contributed by atoms with van der Waals surface area (Å²) in [6.45, 7) is 11.6. The van der Waals surface area contributed by atoms with Crippen LogP contribution in [-0.4, -0.2) is 72.9 Å². The fraction of sp³-hybridized carbons (Fsp3) is 0.522. The number of nitrogens with zero attached hydrogens (tertiary/aromatic N) is 4. The van der Waals surface area contributed by atoms with Crippen LogP contribution in [0.15, 0.2) is 37.2 Å². The zero-order valence-electron chi connectivity index (χ0n) is 20.5. The highest BCUT2D eigenvalue weighted by Crippen LogP contribution is 2.35. The summed E-state index contributed by atoms with van der Waals surface area (Å²) in [6.07, 6.45) is 11.1. The topological polar surface area (TPSA) is 99.2 Å². The lowest BCUT2D eigenvalue weighted by Crippen LogP contribution is -2.50. The average Bonchev–Trinajstić information content (AvgIpc) is 3.22. The molecule has 0 aromatic carbocycles. The van der Waals surface area contributed by atoms with Gasteiger partial charge in [0.05, 0.1) is 5.39 Å². The molecule has 1 atom stereocenters. The Balaban J connectivity index is 0.000000331. The van der Waals surface area contributed by atoms with Gasteiger partial charge in [0.25, 0.3) is 0 Å². The molecule has 10 heteroatoms. The van der Waals surface area contributed by atoms with Crippen molar-refractivity contribution in [2.45, 2.75) is 51.4 Å². The number of nitrogens with one attached hydrogen (secondary N) is 2. The van der Waals surface area contributed by atoms with Crippen LogP contribution in [0.25, 0.3) is 22.2 Å². The summed E-state index contributed by atoms with van der Waals surface area (Å²) in [4.78, 5) is 18.4. The minimum absolute atomic E-state index is 0.277. The number of aromatic nitrogens is 4. The molecular weight excluding hydrogens is 431 g/mol. The van der Waals surface area contributed by atoms with Crippen molar-refractivity contribution >= 4 is 31.8 Å². The predicted octanol–water partition coefficient (Wildman–Crippen LogP) is 3.66. The Morgan fingerprint density at radius 1 is 1.30 bits per heavy atom. The maximum Gasteiger partial charge on any atom is 0.373 e. The van der Waals surface area contributed by atoms with Gasteiger partial charge < -0.3 is 24.9 Å². The van der Waals surface area contributed by atoms with Gasteiger partial charge in [-0.2, -0.15) is 0 Å². The number of piperidine rings is 1. The Kier molecular flexibility index (Phi) is 9.02. The number of ether oxygens (including phenoxy) is 1. The van der Waals surface area contributed by atoms with Crippen molar-refractivity contribution in [3.05, 3.63) is 37.2 Å². The van der Waals surface area contributed by atoms with E-state index < -0.39 is 15.1 Å². The quantitative estimate of drug-likeness (QED) is 0.455. The van der Waals surface area contributed by atoms with E-state index in [1.807, 2.05) is 24.8 Å². The number of pyridine rings is 1. The number of anilines is 1.